The van der Waals surface area contributed by atoms with Crippen molar-refractivity contribution in [1.82, 2.24) is 9.55 Å². The van der Waals surface area contributed by atoms with Crippen molar-refractivity contribution < 1.29 is 38.1 Å². The van der Waals surface area contributed by atoms with Crippen molar-refractivity contribution in [2.45, 2.75) is 44.8 Å². The lowest BCUT2D eigenvalue weighted by Crippen LogP contribution is -2.44. The molecule has 3 N–H and O–H groups in total. The van der Waals surface area contributed by atoms with E-state index in [0.717, 1.165) is 5.39 Å². The quantitative estimate of drug-likeness (QED) is 0.185. The third-order valence-electron chi connectivity index (χ3n) is 6.47. The standard InChI is InChI=1S/C26H31N2O9PS/c1-4-34-23(31)16(2)15-38(33,37-19-11-7-9-17-8-5-6-10-18(17)19)35-14-20-22(30)26(3,32)24(36-20)28-13-12-21(29)27-25(28)39/h5-13,16,20,22,24,30,32H,4,14-15H2,1-3H3,(H,27,29,39)/t16-,20-,22+,24-,26?,38+/m1/s1. The minimum Gasteiger partial charge on any atom is -0.466 e. The Kier molecular flexibility index (Phi) is 8.75. The first kappa shape index (κ1) is 29.1. The van der Waals surface area contributed by atoms with Gasteiger partial charge in [0.1, 0.15) is 23.6 Å². The van der Waals surface area contributed by atoms with Crippen LogP contribution in [0.15, 0.2) is 59.5 Å². The Morgan fingerprint density at radius 3 is 2.69 bits per heavy atom. The summed E-state index contributed by atoms with van der Waals surface area (Å²) in [5.74, 6) is -1.09. The number of nitrogens with zero attached hydrogens (tertiary/aromatic N) is 1. The molecule has 1 aromatic heterocycles. The van der Waals surface area contributed by atoms with Crippen LogP contribution in [-0.2, 0) is 23.4 Å². The Hall–Kier alpha value is -2.86. The van der Waals surface area contributed by atoms with E-state index in [1.54, 1.807) is 26.0 Å². The third-order valence-corrected chi connectivity index (χ3v) is 8.79. The number of aromatic amines is 1. The maximum absolute atomic E-state index is 14.1. The zero-order valence-corrected chi connectivity index (χ0v) is 23.4. The number of hydrogen-bond donors (Lipinski definition) is 3. The van der Waals surface area contributed by atoms with Gasteiger partial charge in [0, 0.05) is 17.6 Å². The molecule has 0 saturated carbocycles. The number of aliphatic hydroxyl groups excluding tert-OH is 1. The fourth-order valence-corrected chi connectivity index (χ4v) is 6.56. The summed E-state index contributed by atoms with van der Waals surface area (Å²) in [6, 6.07) is 13.8. The number of ether oxygens (including phenoxy) is 2. The second-order valence-corrected chi connectivity index (χ2v) is 11.9. The molecule has 39 heavy (non-hydrogen) atoms. The van der Waals surface area contributed by atoms with E-state index >= 15 is 0 Å². The van der Waals surface area contributed by atoms with E-state index in [0.29, 0.717) is 11.1 Å². The molecule has 210 valence electrons. The fraction of sp³-hybridized carbons (Fsp3) is 0.423. The minimum atomic E-state index is -4.06. The number of hydrogen-bond acceptors (Lipinski definition) is 10. The minimum absolute atomic E-state index is 0.0187. The van der Waals surface area contributed by atoms with Gasteiger partial charge >= 0.3 is 13.6 Å². The lowest BCUT2D eigenvalue weighted by Gasteiger charge is -2.28. The molecule has 3 aromatic rings. The number of carbonyl (C=O) groups excluding carboxylic acids is 1. The highest BCUT2D eigenvalue weighted by atomic mass is 32.1. The number of esters is 1. The van der Waals surface area contributed by atoms with Gasteiger partial charge in [-0.3, -0.25) is 23.7 Å². The van der Waals surface area contributed by atoms with E-state index in [2.05, 4.69) is 4.98 Å². The molecule has 4 rings (SSSR count). The third kappa shape index (κ3) is 6.32. The maximum Gasteiger partial charge on any atom is 0.380 e. The molecule has 2 heterocycles. The Labute approximate surface area is 229 Å². The van der Waals surface area contributed by atoms with Crippen LogP contribution in [0.2, 0.25) is 0 Å². The number of H-pyrrole nitrogens is 1. The Morgan fingerprint density at radius 1 is 1.26 bits per heavy atom. The van der Waals surface area contributed by atoms with Crippen LogP contribution in [0.1, 0.15) is 27.0 Å². The summed E-state index contributed by atoms with van der Waals surface area (Å²) in [7, 11) is -4.06. The highest BCUT2D eigenvalue weighted by molar-refractivity contribution is 7.71. The predicted octanol–water partition coefficient (Wildman–Crippen LogP) is 3.56. The number of carbonyl (C=O) groups is 1. The summed E-state index contributed by atoms with van der Waals surface area (Å²) in [5, 5.41) is 23.5. The van der Waals surface area contributed by atoms with E-state index in [4.69, 9.17) is 30.7 Å². The van der Waals surface area contributed by atoms with E-state index in [1.807, 2.05) is 30.3 Å². The number of rotatable bonds is 10. The van der Waals surface area contributed by atoms with Gasteiger partial charge in [-0.1, -0.05) is 43.3 Å². The van der Waals surface area contributed by atoms with Crippen molar-refractivity contribution in [2.24, 2.45) is 5.92 Å². The average Bonchev–Trinajstić information content (AvgIpc) is 3.11. The van der Waals surface area contributed by atoms with E-state index in [-0.39, 0.29) is 17.5 Å². The van der Waals surface area contributed by atoms with Gasteiger partial charge < -0.3 is 24.2 Å². The molecule has 11 nitrogen and oxygen atoms in total. The summed E-state index contributed by atoms with van der Waals surface area (Å²) in [5.41, 5.74) is -2.28. The van der Waals surface area contributed by atoms with Crippen molar-refractivity contribution in [3.8, 4) is 5.75 Å². The molecule has 13 heteroatoms. The Balaban J connectivity index is 1.60. The van der Waals surface area contributed by atoms with Crippen molar-refractivity contribution in [3.05, 3.63) is 69.9 Å². The maximum atomic E-state index is 14.1. The van der Waals surface area contributed by atoms with Gasteiger partial charge in [0.05, 0.1) is 25.3 Å². The highest BCUT2D eigenvalue weighted by Crippen LogP contribution is 2.52. The normalized spacial score (nSPS) is 25.2. The zero-order valence-electron chi connectivity index (χ0n) is 21.7. The van der Waals surface area contributed by atoms with Crippen LogP contribution < -0.4 is 10.1 Å². The molecular formula is C26H31N2O9PS. The molecule has 1 aliphatic heterocycles. The lowest BCUT2D eigenvalue weighted by molar-refractivity contribution is -0.146. The molecule has 6 atom stereocenters. The Bertz CT molecular complexity index is 1500. The molecule has 2 aromatic carbocycles. The second-order valence-electron chi connectivity index (χ2n) is 9.53. The fourth-order valence-electron chi connectivity index (χ4n) is 4.41. The van der Waals surface area contributed by atoms with Crippen molar-refractivity contribution >= 4 is 36.6 Å². The SMILES string of the molecule is CCOC(=O)[C@H](C)C[P@](=O)(OC[C@H]1O[C@@H](n2ccc(=O)[nH]c2=S)C(C)(O)[C@H]1O)Oc1cccc2ccccc12. The molecule has 1 aliphatic rings. The van der Waals surface area contributed by atoms with E-state index in [1.165, 1.54) is 23.8 Å². The average molecular weight is 579 g/mol. The molecule has 0 spiro atoms. The van der Waals surface area contributed by atoms with Crippen LogP contribution in [0.25, 0.3) is 10.8 Å². The van der Waals surface area contributed by atoms with Gasteiger partial charge in [-0.25, -0.2) is 4.57 Å². The predicted molar refractivity (Wildman–Crippen MR) is 145 cm³/mol. The monoisotopic (exact) mass is 578 g/mol. The first-order valence-electron chi connectivity index (χ1n) is 12.4. The number of aliphatic hydroxyl groups is 2. The van der Waals surface area contributed by atoms with Crippen molar-refractivity contribution in [1.29, 1.82) is 0 Å². The van der Waals surface area contributed by atoms with Crippen molar-refractivity contribution in [3.63, 3.8) is 0 Å². The Morgan fingerprint density at radius 2 is 1.97 bits per heavy atom. The first-order valence-corrected chi connectivity index (χ1v) is 14.5. The lowest BCUT2D eigenvalue weighted by atomic mass is 9.96. The van der Waals surface area contributed by atoms with Gasteiger partial charge in [0.25, 0.3) is 5.56 Å². The van der Waals surface area contributed by atoms with Crippen LogP contribution in [0.4, 0.5) is 0 Å². The second kappa shape index (κ2) is 11.7. The molecule has 0 radical (unpaired) electrons. The molecule has 1 fully saturated rings. The molecule has 1 saturated heterocycles. The number of aromatic nitrogens is 2. The number of benzene rings is 2. The van der Waals surface area contributed by atoms with Gasteiger partial charge in [0.15, 0.2) is 11.0 Å². The summed E-state index contributed by atoms with van der Waals surface area (Å²) >= 11 is 5.18. The van der Waals surface area contributed by atoms with Gasteiger partial charge in [0.2, 0.25) is 0 Å². The summed E-state index contributed by atoms with van der Waals surface area (Å²) in [6.45, 7) is 4.29. The van der Waals surface area contributed by atoms with Gasteiger partial charge in [-0.15, -0.1) is 0 Å². The van der Waals surface area contributed by atoms with Crippen LogP contribution in [0.3, 0.4) is 0 Å². The molecule has 0 bridgehead atoms. The zero-order chi connectivity index (χ0) is 28.4. The van der Waals surface area contributed by atoms with Gasteiger partial charge in [-0.2, -0.15) is 0 Å². The number of fused-ring (bicyclic) bond motifs is 1. The topological polar surface area (TPSA) is 149 Å². The van der Waals surface area contributed by atoms with E-state index < -0.39 is 55.7 Å². The summed E-state index contributed by atoms with van der Waals surface area (Å²) in [4.78, 5) is 26.4. The summed E-state index contributed by atoms with van der Waals surface area (Å²) in [6.07, 6.45) is -2.78. The van der Waals surface area contributed by atoms with Crippen LogP contribution in [0, 0.1) is 10.7 Å². The van der Waals surface area contributed by atoms with Gasteiger partial charge in [-0.05, 0) is 37.5 Å². The van der Waals surface area contributed by atoms with Crippen molar-refractivity contribution in [2.75, 3.05) is 19.4 Å². The smallest absolute Gasteiger partial charge is 0.380 e. The molecule has 0 amide bonds. The highest BCUT2D eigenvalue weighted by Gasteiger charge is 2.53. The van der Waals surface area contributed by atoms with Crippen LogP contribution in [-0.4, -0.2) is 62.9 Å². The largest absolute Gasteiger partial charge is 0.466 e. The number of nitrogens with one attached hydrogen (secondary N) is 1. The van der Waals surface area contributed by atoms with Crippen LogP contribution in [0.5, 0.6) is 5.75 Å². The molecule has 0 aliphatic carbocycles. The van der Waals surface area contributed by atoms with Crippen LogP contribution >= 0.6 is 19.8 Å². The first-order chi connectivity index (χ1) is 18.4. The summed E-state index contributed by atoms with van der Waals surface area (Å²) < 4.78 is 38.1. The van der Waals surface area contributed by atoms with E-state index in [9.17, 15) is 24.4 Å². The molecular weight excluding hydrogens is 547 g/mol. The molecule has 1 unspecified atom stereocenters.